The zero-order valence-electron chi connectivity index (χ0n) is 20.5. The molecule has 7 nitrogen and oxygen atoms in total. The molecule has 35 heavy (non-hydrogen) atoms. The molecule has 2 aromatic rings. The Kier molecular flexibility index (Phi) is 7.91. The number of ether oxygens (including phenoxy) is 1. The van der Waals surface area contributed by atoms with Crippen molar-refractivity contribution in [2.75, 3.05) is 44.7 Å². The number of pyridine rings is 1. The number of esters is 1. The number of aliphatic hydroxyl groups excluding tert-OH is 1. The lowest BCUT2D eigenvalue weighted by atomic mass is 9.98. The SMILES string of the molecule is CC[C@H]1CN(c2ccc(C(=O)OC)nc2C)CCN1C1CC[N+](=C(O)c2ccc(Cl)c(F)c2)CC1. The van der Waals surface area contributed by atoms with Crippen molar-refractivity contribution < 1.29 is 23.6 Å². The third kappa shape index (κ3) is 5.43. The van der Waals surface area contributed by atoms with Crippen molar-refractivity contribution in [3.8, 4) is 0 Å². The van der Waals surface area contributed by atoms with Crippen LogP contribution < -0.4 is 4.90 Å². The van der Waals surface area contributed by atoms with E-state index in [4.69, 9.17) is 16.3 Å². The summed E-state index contributed by atoms with van der Waals surface area (Å²) in [5, 5.41) is 10.7. The van der Waals surface area contributed by atoms with Crippen LogP contribution in [0.4, 0.5) is 10.1 Å². The minimum absolute atomic E-state index is 0.0513. The first-order valence-corrected chi connectivity index (χ1v) is 12.5. The summed E-state index contributed by atoms with van der Waals surface area (Å²) in [6.07, 6.45) is 2.90. The second-order valence-electron chi connectivity index (χ2n) is 9.21. The van der Waals surface area contributed by atoms with Gasteiger partial charge in [-0.1, -0.05) is 18.5 Å². The molecule has 0 bridgehead atoms. The molecule has 1 N–H and O–H groups in total. The Labute approximate surface area is 210 Å². The van der Waals surface area contributed by atoms with Gasteiger partial charge in [0, 0.05) is 44.6 Å². The molecule has 0 spiro atoms. The van der Waals surface area contributed by atoms with Gasteiger partial charge in [-0.05, 0) is 43.7 Å². The molecule has 1 aromatic carbocycles. The van der Waals surface area contributed by atoms with E-state index in [9.17, 15) is 14.3 Å². The molecule has 1 atom stereocenters. The molecule has 0 unspecified atom stereocenters. The van der Waals surface area contributed by atoms with Crippen LogP contribution in [-0.4, -0.2) is 83.4 Å². The van der Waals surface area contributed by atoms with E-state index in [1.807, 2.05) is 17.6 Å². The minimum atomic E-state index is -0.528. The van der Waals surface area contributed by atoms with Crippen LogP contribution in [0.15, 0.2) is 30.3 Å². The van der Waals surface area contributed by atoms with Gasteiger partial charge < -0.3 is 14.7 Å². The maximum atomic E-state index is 13.8. The molecular weight excluding hydrogens is 471 g/mol. The predicted octanol–water partition coefficient (Wildman–Crippen LogP) is 4.05. The third-order valence-corrected chi connectivity index (χ3v) is 7.51. The van der Waals surface area contributed by atoms with Crippen molar-refractivity contribution >= 4 is 29.2 Å². The van der Waals surface area contributed by atoms with E-state index in [0.29, 0.717) is 23.3 Å². The molecule has 1 aromatic heterocycles. The number of nitrogens with zero attached hydrogens (tertiary/aromatic N) is 4. The Bertz CT molecular complexity index is 1120. The fourth-order valence-electron chi connectivity index (χ4n) is 5.27. The van der Waals surface area contributed by atoms with E-state index in [0.717, 1.165) is 63.4 Å². The lowest BCUT2D eigenvalue weighted by Crippen LogP contribution is -2.58. The first-order chi connectivity index (χ1) is 16.8. The second-order valence-corrected chi connectivity index (χ2v) is 9.62. The largest absolute Gasteiger partial charge is 0.464 e. The number of aryl methyl sites for hydroxylation is 1. The summed E-state index contributed by atoms with van der Waals surface area (Å²) >= 11 is 5.78. The monoisotopic (exact) mass is 503 g/mol. The molecule has 9 heteroatoms. The molecule has 2 saturated heterocycles. The lowest BCUT2D eigenvalue weighted by molar-refractivity contribution is -0.547. The Hall–Kier alpha value is -2.71. The average Bonchev–Trinajstić information content (AvgIpc) is 2.89. The molecule has 0 aliphatic carbocycles. The van der Waals surface area contributed by atoms with Crippen LogP contribution in [0.3, 0.4) is 0 Å². The van der Waals surface area contributed by atoms with Gasteiger partial charge in [-0.25, -0.2) is 14.2 Å². The van der Waals surface area contributed by atoms with Crippen LogP contribution in [0.25, 0.3) is 0 Å². The van der Waals surface area contributed by atoms with Gasteiger partial charge in [-0.2, -0.15) is 4.58 Å². The number of aromatic nitrogens is 1. The maximum Gasteiger partial charge on any atom is 0.367 e. The summed E-state index contributed by atoms with van der Waals surface area (Å²) in [5.41, 5.74) is 2.66. The topological polar surface area (TPSA) is 68.9 Å². The van der Waals surface area contributed by atoms with Crippen LogP contribution in [0, 0.1) is 12.7 Å². The molecule has 188 valence electrons. The van der Waals surface area contributed by atoms with Gasteiger partial charge in [0.05, 0.1) is 29.1 Å². The Morgan fingerprint density at radius 1 is 1.26 bits per heavy atom. The maximum absolute atomic E-state index is 13.8. The number of benzene rings is 1. The average molecular weight is 504 g/mol. The Balaban J connectivity index is 1.41. The third-order valence-electron chi connectivity index (χ3n) is 7.20. The first kappa shape index (κ1) is 25.4. The van der Waals surface area contributed by atoms with E-state index in [1.165, 1.54) is 19.2 Å². The highest BCUT2D eigenvalue weighted by Crippen LogP contribution is 2.27. The van der Waals surface area contributed by atoms with Crippen molar-refractivity contribution in [1.82, 2.24) is 9.88 Å². The molecule has 3 heterocycles. The fraction of sp³-hybridized carbons (Fsp3) is 0.500. The number of rotatable bonds is 5. The summed E-state index contributed by atoms with van der Waals surface area (Å²) in [6.45, 7) is 8.32. The van der Waals surface area contributed by atoms with Crippen molar-refractivity contribution in [3.05, 3.63) is 58.1 Å². The van der Waals surface area contributed by atoms with Crippen LogP contribution in [0.2, 0.25) is 5.02 Å². The molecular formula is C26H33ClFN4O3+. The van der Waals surface area contributed by atoms with E-state index in [2.05, 4.69) is 21.7 Å². The number of halogens is 2. The molecule has 0 saturated carbocycles. The van der Waals surface area contributed by atoms with Crippen molar-refractivity contribution in [2.24, 2.45) is 0 Å². The number of aliphatic hydroxyl groups is 1. The number of carbonyl (C=O) groups excluding carboxylic acids is 1. The van der Waals surface area contributed by atoms with E-state index in [1.54, 1.807) is 12.1 Å². The number of anilines is 1. The standard InChI is InChI=1S/C26H32ClFN4O3/c1-4-19-16-31(24-8-7-23(26(34)35-3)29-17(24)2)13-14-32(19)20-9-11-30(12-10-20)25(33)18-5-6-21(27)22(28)15-18/h5-8,15,19-20H,4,9-14,16H2,1-3H3/p+1/t19-/m0/s1. The van der Waals surface area contributed by atoms with E-state index in [-0.39, 0.29) is 10.9 Å². The summed E-state index contributed by atoms with van der Waals surface area (Å²) < 4.78 is 20.5. The summed E-state index contributed by atoms with van der Waals surface area (Å²) in [7, 11) is 1.36. The zero-order valence-corrected chi connectivity index (χ0v) is 21.3. The van der Waals surface area contributed by atoms with Gasteiger partial charge in [0.25, 0.3) is 0 Å². The minimum Gasteiger partial charge on any atom is -0.464 e. The van der Waals surface area contributed by atoms with Crippen LogP contribution in [0.5, 0.6) is 0 Å². The Morgan fingerprint density at radius 2 is 2.00 bits per heavy atom. The van der Waals surface area contributed by atoms with Crippen molar-refractivity contribution in [2.45, 2.75) is 45.2 Å². The van der Waals surface area contributed by atoms with E-state index < -0.39 is 11.8 Å². The van der Waals surface area contributed by atoms with Gasteiger partial charge in [-0.3, -0.25) is 4.90 Å². The molecule has 0 radical (unpaired) electrons. The second kappa shape index (κ2) is 10.9. The molecule has 2 aliphatic heterocycles. The van der Waals surface area contributed by atoms with Gasteiger partial charge in [-0.15, -0.1) is 0 Å². The highest BCUT2D eigenvalue weighted by molar-refractivity contribution is 6.30. The van der Waals surface area contributed by atoms with Crippen LogP contribution >= 0.6 is 11.6 Å². The molecule has 4 rings (SSSR count). The molecule has 0 amide bonds. The number of hydrogen-bond acceptors (Lipinski definition) is 5. The summed E-state index contributed by atoms with van der Waals surface area (Å²) in [5.74, 6) is -0.847. The number of methoxy groups -OCH3 is 1. The summed E-state index contributed by atoms with van der Waals surface area (Å²) in [4.78, 5) is 21.2. The number of piperazine rings is 1. The van der Waals surface area contributed by atoms with E-state index >= 15 is 0 Å². The van der Waals surface area contributed by atoms with Crippen molar-refractivity contribution in [3.63, 3.8) is 0 Å². The number of hydrogen-bond donors (Lipinski definition) is 1. The smallest absolute Gasteiger partial charge is 0.367 e. The highest BCUT2D eigenvalue weighted by Gasteiger charge is 2.35. The van der Waals surface area contributed by atoms with Crippen LogP contribution in [0.1, 0.15) is 47.9 Å². The predicted molar refractivity (Wildman–Crippen MR) is 134 cm³/mol. The van der Waals surface area contributed by atoms with Gasteiger partial charge in [0.1, 0.15) is 24.6 Å². The first-order valence-electron chi connectivity index (χ1n) is 12.1. The van der Waals surface area contributed by atoms with Crippen molar-refractivity contribution in [1.29, 1.82) is 0 Å². The lowest BCUT2D eigenvalue weighted by Gasteiger charge is -2.46. The van der Waals surface area contributed by atoms with Gasteiger partial charge >= 0.3 is 11.9 Å². The number of piperidine rings is 1. The summed E-state index contributed by atoms with van der Waals surface area (Å²) in [6, 6.07) is 8.94. The van der Waals surface area contributed by atoms with Gasteiger partial charge in [0.15, 0.2) is 0 Å². The highest BCUT2D eigenvalue weighted by atomic mass is 35.5. The van der Waals surface area contributed by atoms with Crippen LogP contribution in [-0.2, 0) is 4.74 Å². The molecule has 2 fully saturated rings. The number of carbonyl (C=O) groups is 1. The van der Waals surface area contributed by atoms with Gasteiger partial charge in [0.2, 0.25) is 0 Å². The molecule has 2 aliphatic rings. The normalized spacial score (nSPS) is 21.2. The zero-order chi connectivity index (χ0) is 25.1. The fourth-order valence-corrected chi connectivity index (χ4v) is 5.38. The quantitative estimate of drug-likeness (QED) is 0.377. The Morgan fingerprint density at radius 3 is 2.63 bits per heavy atom.